The van der Waals surface area contributed by atoms with E-state index in [1.54, 1.807) is 31.4 Å². The topological polar surface area (TPSA) is 84.9 Å². The lowest BCUT2D eigenvalue weighted by Crippen LogP contribution is -2.25. The minimum Gasteiger partial charge on any atom is -0.482 e. The van der Waals surface area contributed by atoms with Crippen LogP contribution in [0.25, 0.3) is 0 Å². The molecule has 0 heterocycles. The first-order chi connectivity index (χ1) is 12.1. The van der Waals surface area contributed by atoms with Gasteiger partial charge < -0.3 is 19.9 Å². The van der Waals surface area contributed by atoms with Crippen LogP contribution >= 0.6 is 0 Å². The highest BCUT2D eigenvalue weighted by Crippen LogP contribution is 2.12. The average molecular weight is 343 g/mol. The highest BCUT2D eigenvalue weighted by Gasteiger charge is 2.05. The fraction of sp³-hybridized carbons (Fsp3) is 0.263. The molecule has 0 unspecified atom stereocenters. The smallest absolute Gasteiger partial charge is 0.341 e. The molecule has 0 atom stereocenters. The van der Waals surface area contributed by atoms with Crippen LogP contribution in [0.3, 0.4) is 0 Å². The predicted molar refractivity (Wildman–Crippen MR) is 92.8 cm³/mol. The molecule has 0 radical (unpaired) electrons. The molecule has 132 valence electrons. The summed E-state index contributed by atoms with van der Waals surface area (Å²) in [5.41, 5.74) is 2.65. The van der Waals surface area contributed by atoms with Gasteiger partial charge in [0.15, 0.2) is 6.61 Å². The second kappa shape index (κ2) is 9.44. The third-order valence-electron chi connectivity index (χ3n) is 3.51. The molecule has 2 aromatic rings. The number of aliphatic carboxylic acids is 1. The molecule has 0 aliphatic carbocycles. The van der Waals surface area contributed by atoms with Gasteiger partial charge in [0.05, 0.1) is 6.61 Å². The zero-order valence-corrected chi connectivity index (χ0v) is 14.0. The number of carboxylic acid groups (broad SMARTS) is 1. The van der Waals surface area contributed by atoms with Gasteiger partial charge in [0.1, 0.15) is 5.75 Å². The van der Waals surface area contributed by atoms with Gasteiger partial charge in [-0.25, -0.2) is 4.79 Å². The molecule has 6 heteroatoms. The number of carboxylic acids is 1. The summed E-state index contributed by atoms with van der Waals surface area (Å²) in [5.74, 6) is -0.626. The number of nitrogens with one attached hydrogen (secondary N) is 1. The zero-order valence-electron chi connectivity index (χ0n) is 14.0. The van der Waals surface area contributed by atoms with E-state index in [4.69, 9.17) is 14.6 Å². The zero-order chi connectivity index (χ0) is 18.1. The van der Waals surface area contributed by atoms with E-state index < -0.39 is 5.97 Å². The minimum atomic E-state index is -1.01. The van der Waals surface area contributed by atoms with Crippen LogP contribution in [0.2, 0.25) is 0 Å². The van der Waals surface area contributed by atoms with Crippen LogP contribution in [0.4, 0.5) is 0 Å². The molecule has 0 aliphatic rings. The van der Waals surface area contributed by atoms with Crippen molar-refractivity contribution in [2.45, 2.75) is 13.0 Å². The van der Waals surface area contributed by atoms with Gasteiger partial charge in [-0.05, 0) is 41.8 Å². The lowest BCUT2D eigenvalue weighted by Gasteiger charge is -2.07. The molecule has 0 spiro atoms. The Bertz CT molecular complexity index is 695. The number of hydrogen-bond donors (Lipinski definition) is 2. The molecule has 0 aliphatic heterocycles. The van der Waals surface area contributed by atoms with Crippen molar-refractivity contribution >= 4 is 11.9 Å². The van der Waals surface area contributed by atoms with Crippen molar-refractivity contribution < 1.29 is 24.2 Å². The van der Waals surface area contributed by atoms with Gasteiger partial charge in [-0.2, -0.15) is 0 Å². The number of carbonyl (C=O) groups excluding carboxylic acids is 1. The molecule has 2 rings (SSSR count). The van der Waals surface area contributed by atoms with Crippen LogP contribution in [0.5, 0.6) is 5.75 Å². The molecule has 2 N–H and O–H groups in total. The molecule has 0 bridgehead atoms. The van der Waals surface area contributed by atoms with Crippen LogP contribution in [0.1, 0.15) is 21.5 Å². The Morgan fingerprint density at radius 3 is 2.24 bits per heavy atom. The molecule has 6 nitrogen and oxygen atoms in total. The van der Waals surface area contributed by atoms with Crippen LogP contribution in [-0.2, 0) is 22.6 Å². The van der Waals surface area contributed by atoms with E-state index in [-0.39, 0.29) is 12.5 Å². The maximum atomic E-state index is 12.1. The summed E-state index contributed by atoms with van der Waals surface area (Å²) in [7, 11) is 1.63. The Morgan fingerprint density at radius 2 is 1.64 bits per heavy atom. The highest BCUT2D eigenvalue weighted by atomic mass is 16.5. The molecule has 0 saturated heterocycles. The predicted octanol–water partition coefficient (Wildman–Crippen LogP) is 2.27. The lowest BCUT2D eigenvalue weighted by atomic mass is 10.1. The van der Waals surface area contributed by atoms with Crippen LogP contribution < -0.4 is 10.1 Å². The number of rotatable bonds is 9. The molecule has 0 saturated carbocycles. The van der Waals surface area contributed by atoms with E-state index >= 15 is 0 Å². The summed E-state index contributed by atoms with van der Waals surface area (Å²) in [5, 5.41) is 11.4. The molecule has 0 fully saturated rings. The number of hydrogen-bond acceptors (Lipinski definition) is 4. The lowest BCUT2D eigenvalue weighted by molar-refractivity contribution is -0.139. The molecular weight excluding hydrogens is 322 g/mol. The first-order valence-corrected chi connectivity index (χ1v) is 7.88. The normalized spacial score (nSPS) is 10.3. The maximum Gasteiger partial charge on any atom is 0.341 e. The van der Waals surface area contributed by atoms with Crippen LogP contribution in [0, 0.1) is 0 Å². The van der Waals surface area contributed by atoms with Gasteiger partial charge in [0.2, 0.25) is 0 Å². The van der Waals surface area contributed by atoms with Crippen molar-refractivity contribution in [3.63, 3.8) is 0 Å². The van der Waals surface area contributed by atoms with Crippen molar-refractivity contribution in [1.82, 2.24) is 5.32 Å². The number of ether oxygens (including phenoxy) is 2. The summed E-state index contributed by atoms with van der Waals surface area (Å²) in [6.07, 6.45) is 0.673. The molecule has 25 heavy (non-hydrogen) atoms. The molecular formula is C19H21NO5. The first-order valence-electron chi connectivity index (χ1n) is 7.88. The molecule has 0 aromatic heterocycles. The summed E-state index contributed by atoms with van der Waals surface area (Å²) in [6, 6.07) is 14.4. The largest absolute Gasteiger partial charge is 0.482 e. The van der Waals surface area contributed by atoms with Crippen molar-refractivity contribution in [1.29, 1.82) is 0 Å². The van der Waals surface area contributed by atoms with Gasteiger partial charge in [0, 0.05) is 19.2 Å². The Hall–Kier alpha value is -2.86. The van der Waals surface area contributed by atoms with Crippen molar-refractivity contribution in [2.75, 3.05) is 20.3 Å². The number of benzene rings is 2. The van der Waals surface area contributed by atoms with E-state index in [0.717, 1.165) is 11.1 Å². The number of amides is 1. The van der Waals surface area contributed by atoms with Gasteiger partial charge in [-0.15, -0.1) is 0 Å². The van der Waals surface area contributed by atoms with E-state index in [0.29, 0.717) is 30.9 Å². The third-order valence-corrected chi connectivity index (χ3v) is 3.51. The molecule has 2 aromatic carbocycles. The first kappa shape index (κ1) is 18.5. The third kappa shape index (κ3) is 6.27. The second-order valence-corrected chi connectivity index (χ2v) is 5.46. The van der Waals surface area contributed by atoms with Crippen molar-refractivity contribution in [3.05, 3.63) is 65.2 Å². The van der Waals surface area contributed by atoms with Gasteiger partial charge >= 0.3 is 5.97 Å². The second-order valence-electron chi connectivity index (χ2n) is 5.46. The monoisotopic (exact) mass is 343 g/mol. The Morgan fingerprint density at radius 1 is 1.00 bits per heavy atom. The minimum absolute atomic E-state index is 0.120. The van der Waals surface area contributed by atoms with Crippen molar-refractivity contribution in [2.24, 2.45) is 0 Å². The van der Waals surface area contributed by atoms with Gasteiger partial charge in [-0.1, -0.05) is 24.3 Å². The van der Waals surface area contributed by atoms with E-state index in [1.807, 2.05) is 24.3 Å². The van der Waals surface area contributed by atoms with Gasteiger partial charge in [-0.3, -0.25) is 4.79 Å². The van der Waals surface area contributed by atoms with Crippen LogP contribution in [0.15, 0.2) is 48.5 Å². The van der Waals surface area contributed by atoms with E-state index in [2.05, 4.69) is 5.32 Å². The summed E-state index contributed by atoms with van der Waals surface area (Å²) >= 11 is 0. The Kier molecular flexibility index (Phi) is 6.98. The summed E-state index contributed by atoms with van der Waals surface area (Å²) < 4.78 is 10.1. The molecule has 1 amide bonds. The van der Waals surface area contributed by atoms with E-state index in [9.17, 15) is 9.59 Å². The fourth-order valence-electron chi connectivity index (χ4n) is 2.24. The van der Waals surface area contributed by atoms with Crippen molar-refractivity contribution in [3.8, 4) is 5.75 Å². The Balaban J connectivity index is 1.77. The number of carbonyl (C=O) groups is 2. The summed E-state index contributed by atoms with van der Waals surface area (Å²) in [6.45, 7) is 0.667. The number of methoxy groups -OCH3 is 1. The summed E-state index contributed by atoms with van der Waals surface area (Å²) in [4.78, 5) is 22.5. The highest BCUT2D eigenvalue weighted by molar-refractivity contribution is 5.94. The Labute approximate surface area is 146 Å². The van der Waals surface area contributed by atoms with Gasteiger partial charge in [0.25, 0.3) is 5.91 Å². The SMILES string of the molecule is COCc1ccc(C(=O)NCCc2ccc(OCC(=O)O)cc2)cc1. The average Bonchev–Trinajstić information content (AvgIpc) is 2.62. The fourth-order valence-corrected chi connectivity index (χ4v) is 2.24. The standard InChI is InChI=1S/C19H21NO5/c1-24-12-15-2-6-16(7-3-15)19(23)20-11-10-14-4-8-17(9-5-14)25-13-18(21)22/h2-9H,10-13H2,1H3,(H,20,23)(H,21,22). The van der Waals surface area contributed by atoms with E-state index in [1.165, 1.54) is 0 Å². The van der Waals surface area contributed by atoms with Crippen LogP contribution in [-0.4, -0.2) is 37.2 Å². The quantitative estimate of drug-likeness (QED) is 0.730. The maximum absolute atomic E-state index is 12.1.